The Bertz CT molecular complexity index is 276. The highest BCUT2D eigenvalue weighted by atomic mass is 15.3. The summed E-state index contributed by atoms with van der Waals surface area (Å²) in [6, 6.07) is 0. The van der Waals surface area contributed by atoms with E-state index in [0.717, 1.165) is 18.8 Å². The number of hydrogen-bond donors (Lipinski definition) is 3. The van der Waals surface area contributed by atoms with E-state index < -0.39 is 0 Å². The Morgan fingerprint density at radius 3 is 2.79 bits per heavy atom. The molecule has 0 fully saturated rings. The lowest BCUT2D eigenvalue weighted by molar-refractivity contribution is 0.592. The van der Waals surface area contributed by atoms with Gasteiger partial charge in [-0.1, -0.05) is 20.3 Å². The number of anilines is 2. The quantitative estimate of drug-likeness (QED) is 0.486. The molecule has 0 saturated carbocycles. The van der Waals surface area contributed by atoms with Crippen LogP contribution in [-0.4, -0.2) is 16.5 Å². The van der Waals surface area contributed by atoms with Crippen LogP contribution < -0.4 is 16.6 Å². The highest BCUT2D eigenvalue weighted by Crippen LogP contribution is 2.07. The topological polar surface area (TPSA) is 75.9 Å². The monoisotopic (exact) mass is 195 g/mol. The van der Waals surface area contributed by atoms with E-state index in [1.165, 1.54) is 0 Å². The van der Waals surface area contributed by atoms with Crippen LogP contribution in [0.2, 0.25) is 0 Å². The van der Waals surface area contributed by atoms with E-state index in [2.05, 4.69) is 34.6 Å². The lowest BCUT2D eigenvalue weighted by Gasteiger charge is -2.10. The van der Waals surface area contributed by atoms with Crippen molar-refractivity contribution in [2.45, 2.75) is 20.3 Å². The second-order valence-electron chi connectivity index (χ2n) is 3.33. The predicted molar refractivity (Wildman–Crippen MR) is 57.8 cm³/mol. The Morgan fingerprint density at radius 1 is 1.43 bits per heavy atom. The zero-order valence-corrected chi connectivity index (χ0v) is 8.62. The molecule has 0 aliphatic rings. The summed E-state index contributed by atoms with van der Waals surface area (Å²) in [7, 11) is 0. The van der Waals surface area contributed by atoms with Gasteiger partial charge in [0.05, 0.1) is 12.4 Å². The number of rotatable bonds is 5. The van der Waals surface area contributed by atoms with E-state index in [9.17, 15) is 0 Å². The molecule has 0 aliphatic heterocycles. The van der Waals surface area contributed by atoms with E-state index in [-0.39, 0.29) is 0 Å². The van der Waals surface area contributed by atoms with Crippen LogP contribution in [0.1, 0.15) is 20.3 Å². The van der Waals surface area contributed by atoms with Crippen LogP contribution in [0.25, 0.3) is 0 Å². The molecule has 1 unspecified atom stereocenters. The van der Waals surface area contributed by atoms with E-state index in [1.54, 1.807) is 12.4 Å². The molecule has 1 rings (SSSR count). The third kappa shape index (κ3) is 3.18. The largest absolute Gasteiger partial charge is 0.368 e. The smallest absolute Gasteiger partial charge is 0.160 e. The number of nitrogen functional groups attached to an aromatic ring is 1. The Labute approximate surface area is 84.1 Å². The molecule has 0 amide bonds. The molecule has 0 saturated heterocycles. The van der Waals surface area contributed by atoms with Gasteiger partial charge in [-0.3, -0.25) is 4.98 Å². The van der Waals surface area contributed by atoms with Crippen LogP contribution >= 0.6 is 0 Å². The van der Waals surface area contributed by atoms with Crippen molar-refractivity contribution in [3.05, 3.63) is 12.4 Å². The van der Waals surface area contributed by atoms with Gasteiger partial charge in [0.25, 0.3) is 0 Å². The van der Waals surface area contributed by atoms with Crippen molar-refractivity contribution in [2.75, 3.05) is 17.3 Å². The maximum Gasteiger partial charge on any atom is 0.160 e. The number of hydrazine groups is 1. The van der Waals surface area contributed by atoms with Crippen molar-refractivity contribution < 1.29 is 0 Å². The summed E-state index contributed by atoms with van der Waals surface area (Å²) in [5, 5.41) is 3.20. The van der Waals surface area contributed by atoms with Crippen LogP contribution in [0.3, 0.4) is 0 Å². The van der Waals surface area contributed by atoms with E-state index in [0.29, 0.717) is 11.7 Å². The van der Waals surface area contributed by atoms with Gasteiger partial charge in [0.2, 0.25) is 0 Å². The summed E-state index contributed by atoms with van der Waals surface area (Å²) in [6.07, 6.45) is 4.41. The van der Waals surface area contributed by atoms with Crippen LogP contribution in [0.4, 0.5) is 11.6 Å². The SMILES string of the molecule is CCC(C)CNc1cncc(NN)n1. The number of nitrogens with two attached hydrogens (primary N) is 1. The summed E-state index contributed by atoms with van der Waals surface area (Å²) < 4.78 is 0. The zero-order valence-electron chi connectivity index (χ0n) is 8.62. The number of aromatic nitrogens is 2. The zero-order chi connectivity index (χ0) is 10.4. The summed E-state index contributed by atoms with van der Waals surface area (Å²) in [5.41, 5.74) is 2.46. The first-order valence-corrected chi connectivity index (χ1v) is 4.78. The van der Waals surface area contributed by atoms with Gasteiger partial charge >= 0.3 is 0 Å². The Kier molecular flexibility index (Phi) is 4.12. The second kappa shape index (κ2) is 5.39. The standard InChI is InChI=1S/C9H17N5/c1-3-7(2)4-12-8-5-11-6-9(13-8)14-10/h5-7H,3-4,10H2,1-2H3,(H2,12,13,14). The molecular formula is C9H17N5. The average molecular weight is 195 g/mol. The van der Waals surface area contributed by atoms with Crippen molar-refractivity contribution >= 4 is 11.6 Å². The third-order valence-electron chi connectivity index (χ3n) is 2.11. The first-order valence-electron chi connectivity index (χ1n) is 4.78. The fourth-order valence-corrected chi connectivity index (χ4v) is 0.944. The normalized spacial score (nSPS) is 12.2. The molecule has 5 nitrogen and oxygen atoms in total. The molecular weight excluding hydrogens is 178 g/mol. The summed E-state index contributed by atoms with van der Waals surface area (Å²) in [4.78, 5) is 8.18. The van der Waals surface area contributed by atoms with Crippen molar-refractivity contribution in [2.24, 2.45) is 11.8 Å². The first-order chi connectivity index (χ1) is 6.76. The lowest BCUT2D eigenvalue weighted by Crippen LogP contribution is -2.13. The van der Waals surface area contributed by atoms with Crippen LogP contribution in [0.5, 0.6) is 0 Å². The van der Waals surface area contributed by atoms with Gasteiger partial charge in [-0.05, 0) is 5.92 Å². The fraction of sp³-hybridized carbons (Fsp3) is 0.556. The number of hydrogen-bond acceptors (Lipinski definition) is 5. The van der Waals surface area contributed by atoms with Gasteiger partial charge in [0.1, 0.15) is 5.82 Å². The lowest BCUT2D eigenvalue weighted by atomic mass is 10.1. The maximum atomic E-state index is 5.22. The molecule has 0 bridgehead atoms. The molecule has 1 atom stereocenters. The van der Waals surface area contributed by atoms with E-state index in [4.69, 9.17) is 5.84 Å². The van der Waals surface area contributed by atoms with Crippen molar-refractivity contribution in [3.63, 3.8) is 0 Å². The van der Waals surface area contributed by atoms with Gasteiger partial charge in [0.15, 0.2) is 5.82 Å². The maximum absolute atomic E-state index is 5.22. The van der Waals surface area contributed by atoms with E-state index in [1.807, 2.05) is 0 Å². The molecule has 0 aromatic carbocycles. The summed E-state index contributed by atoms with van der Waals surface area (Å²) in [6.45, 7) is 5.25. The second-order valence-corrected chi connectivity index (χ2v) is 3.33. The van der Waals surface area contributed by atoms with Crippen LogP contribution in [0, 0.1) is 5.92 Å². The Morgan fingerprint density at radius 2 is 2.14 bits per heavy atom. The van der Waals surface area contributed by atoms with E-state index >= 15 is 0 Å². The highest BCUT2D eigenvalue weighted by molar-refractivity contribution is 5.40. The first kappa shape index (κ1) is 10.7. The molecule has 5 heteroatoms. The number of nitrogens with zero attached hydrogens (tertiary/aromatic N) is 2. The molecule has 78 valence electrons. The minimum Gasteiger partial charge on any atom is -0.368 e. The summed E-state index contributed by atoms with van der Waals surface area (Å²) in [5.74, 6) is 7.17. The fourth-order valence-electron chi connectivity index (χ4n) is 0.944. The predicted octanol–water partition coefficient (Wildman–Crippen LogP) is 1.22. The van der Waals surface area contributed by atoms with Gasteiger partial charge in [-0.2, -0.15) is 0 Å². The molecule has 0 radical (unpaired) electrons. The number of nitrogens with one attached hydrogen (secondary N) is 2. The minimum absolute atomic E-state index is 0.569. The highest BCUT2D eigenvalue weighted by Gasteiger charge is 2.00. The minimum atomic E-state index is 0.569. The Balaban J connectivity index is 2.50. The molecule has 14 heavy (non-hydrogen) atoms. The van der Waals surface area contributed by atoms with Gasteiger partial charge in [-0.25, -0.2) is 10.8 Å². The van der Waals surface area contributed by atoms with Gasteiger partial charge in [-0.15, -0.1) is 0 Å². The average Bonchev–Trinajstić information content (AvgIpc) is 2.26. The third-order valence-corrected chi connectivity index (χ3v) is 2.11. The van der Waals surface area contributed by atoms with Crippen molar-refractivity contribution in [3.8, 4) is 0 Å². The Hall–Kier alpha value is -1.36. The van der Waals surface area contributed by atoms with Crippen LogP contribution in [0.15, 0.2) is 12.4 Å². The molecule has 1 aromatic heterocycles. The molecule has 0 spiro atoms. The van der Waals surface area contributed by atoms with Gasteiger partial charge in [0, 0.05) is 6.54 Å². The van der Waals surface area contributed by atoms with Crippen molar-refractivity contribution in [1.82, 2.24) is 9.97 Å². The molecule has 4 N–H and O–H groups in total. The van der Waals surface area contributed by atoms with Gasteiger partial charge < -0.3 is 10.7 Å². The van der Waals surface area contributed by atoms with Crippen molar-refractivity contribution in [1.29, 1.82) is 0 Å². The molecule has 0 aliphatic carbocycles. The molecule has 1 aromatic rings. The molecule has 1 heterocycles. The van der Waals surface area contributed by atoms with Crippen LogP contribution in [-0.2, 0) is 0 Å². The summed E-state index contributed by atoms with van der Waals surface area (Å²) >= 11 is 0.